The Labute approximate surface area is 178 Å². The molecule has 1 aliphatic rings. The standard InChI is InChI=1S/C19H24ClN5O3S/c1-24-16(12-28-15-7-5-14(20)6-8-15)22-23-19(24)29-13-17(26)21-9-3-11-25-10-2-4-18(25)27/h5-8H,2-4,9-13H2,1H3,(H,21,26). The molecule has 0 unspecified atom stereocenters. The van der Waals surface area contributed by atoms with Crippen LogP contribution in [0.2, 0.25) is 5.02 Å². The first-order valence-corrected chi connectivity index (χ1v) is 10.8. The van der Waals surface area contributed by atoms with E-state index in [0.717, 1.165) is 19.4 Å². The molecule has 1 fully saturated rings. The van der Waals surface area contributed by atoms with Crippen LogP contribution in [0.15, 0.2) is 29.4 Å². The molecule has 1 aromatic heterocycles. The molecule has 3 rings (SSSR count). The first kappa shape index (κ1) is 21.4. The van der Waals surface area contributed by atoms with Crippen LogP contribution in [0.25, 0.3) is 0 Å². The van der Waals surface area contributed by atoms with Crippen molar-refractivity contribution in [2.75, 3.05) is 25.4 Å². The van der Waals surface area contributed by atoms with Gasteiger partial charge in [-0.1, -0.05) is 23.4 Å². The third-order valence-corrected chi connectivity index (χ3v) is 5.81. The molecule has 0 radical (unpaired) electrons. The van der Waals surface area contributed by atoms with Crippen LogP contribution >= 0.6 is 23.4 Å². The summed E-state index contributed by atoms with van der Waals surface area (Å²) >= 11 is 7.18. The summed E-state index contributed by atoms with van der Waals surface area (Å²) in [6.45, 7) is 2.36. The Balaban J connectivity index is 1.36. The molecular weight excluding hydrogens is 414 g/mol. The molecule has 2 heterocycles. The first-order valence-electron chi connectivity index (χ1n) is 9.47. The van der Waals surface area contributed by atoms with Gasteiger partial charge in [0.1, 0.15) is 12.4 Å². The van der Waals surface area contributed by atoms with Gasteiger partial charge in [-0.05, 0) is 37.1 Å². The Morgan fingerprint density at radius 3 is 2.83 bits per heavy atom. The van der Waals surface area contributed by atoms with Crippen molar-refractivity contribution in [2.45, 2.75) is 31.0 Å². The number of halogens is 1. The van der Waals surface area contributed by atoms with Crippen molar-refractivity contribution in [3.8, 4) is 5.75 Å². The van der Waals surface area contributed by atoms with Gasteiger partial charge in [0.2, 0.25) is 11.8 Å². The SMILES string of the molecule is Cn1c(COc2ccc(Cl)cc2)nnc1SCC(=O)NCCCN1CCCC1=O. The van der Waals surface area contributed by atoms with Gasteiger partial charge >= 0.3 is 0 Å². The van der Waals surface area contributed by atoms with Gasteiger partial charge in [0, 0.05) is 38.1 Å². The molecule has 0 atom stereocenters. The van der Waals surface area contributed by atoms with Crippen molar-refractivity contribution < 1.29 is 14.3 Å². The Bertz CT molecular complexity index is 843. The summed E-state index contributed by atoms with van der Waals surface area (Å²) in [4.78, 5) is 25.4. The number of aromatic nitrogens is 3. The molecule has 1 N–H and O–H groups in total. The Morgan fingerprint density at radius 2 is 2.10 bits per heavy atom. The summed E-state index contributed by atoms with van der Waals surface area (Å²) in [6.07, 6.45) is 2.35. The molecule has 8 nitrogen and oxygen atoms in total. The quantitative estimate of drug-likeness (QED) is 0.453. The van der Waals surface area contributed by atoms with Crippen LogP contribution in [0.5, 0.6) is 5.75 Å². The molecule has 29 heavy (non-hydrogen) atoms. The monoisotopic (exact) mass is 437 g/mol. The number of ether oxygens (including phenoxy) is 1. The number of hydrogen-bond acceptors (Lipinski definition) is 6. The van der Waals surface area contributed by atoms with Crippen LogP contribution in [0, 0.1) is 0 Å². The fourth-order valence-electron chi connectivity index (χ4n) is 2.89. The largest absolute Gasteiger partial charge is 0.486 e. The minimum Gasteiger partial charge on any atom is -0.486 e. The molecule has 0 spiro atoms. The molecule has 2 aromatic rings. The van der Waals surface area contributed by atoms with Gasteiger partial charge in [-0.25, -0.2) is 0 Å². The fourth-order valence-corrected chi connectivity index (χ4v) is 3.78. The topological polar surface area (TPSA) is 89.3 Å². The average Bonchev–Trinajstić information content (AvgIpc) is 3.28. The number of carbonyl (C=O) groups excluding carboxylic acids is 2. The predicted octanol–water partition coefficient (Wildman–Crippen LogP) is 2.27. The van der Waals surface area contributed by atoms with E-state index in [1.165, 1.54) is 11.8 Å². The zero-order valence-electron chi connectivity index (χ0n) is 16.3. The van der Waals surface area contributed by atoms with Crippen LogP contribution in [-0.2, 0) is 23.2 Å². The number of hydrogen-bond donors (Lipinski definition) is 1. The second-order valence-electron chi connectivity index (χ2n) is 6.68. The van der Waals surface area contributed by atoms with Gasteiger partial charge < -0.3 is 19.5 Å². The number of carbonyl (C=O) groups is 2. The molecule has 1 saturated heterocycles. The molecule has 0 aliphatic carbocycles. The number of benzene rings is 1. The van der Waals surface area contributed by atoms with Gasteiger partial charge in [-0.2, -0.15) is 0 Å². The minimum absolute atomic E-state index is 0.0651. The van der Waals surface area contributed by atoms with Gasteiger partial charge in [-0.3, -0.25) is 9.59 Å². The van der Waals surface area contributed by atoms with E-state index in [1.807, 2.05) is 16.5 Å². The number of nitrogens with zero attached hydrogens (tertiary/aromatic N) is 4. The lowest BCUT2D eigenvalue weighted by Crippen LogP contribution is -2.31. The predicted molar refractivity (Wildman–Crippen MR) is 111 cm³/mol. The number of likely N-dealkylation sites (tertiary alicyclic amines) is 1. The molecule has 0 saturated carbocycles. The maximum atomic E-state index is 12.0. The van der Waals surface area contributed by atoms with Crippen molar-refractivity contribution in [2.24, 2.45) is 7.05 Å². The Morgan fingerprint density at radius 1 is 1.31 bits per heavy atom. The lowest BCUT2D eigenvalue weighted by Gasteiger charge is -2.15. The summed E-state index contributed by atoms with van der Waals surface area (Å²) < 4.78 is 7.50. The lowest BCUT2D eigenvalue weighted by atomic mass is 10.3. The summed E-state index contributed by atoms with van der Waals surface area (Å²) in [7, 11) is 1.84. The van der Waals surface area contributed by atoms with Gasteiger partial charge in [0.05, 0.1) is 5.75 Å². The van der Waals surface area contributed by atoms with Crippen LogP contribution in [0.4, 0.5) is 0 Å². The van der Waals surface area contributed by atoms with Crippen molar-refractivity contribution in [3.05, 3.63) is 35.1 Å². The van der Waals surface area contributed by atoms with E-state index >= 15 is 0 Å². The van der Waals surface area contributed by atoms with E-state index in [2.05, 4.69) is 15.5 Å². The summed E-state index contributed by atoms with van der Waals surface area (Å²) in [5.41, 5.74) is 0. The van der Waals surface area contributed by atoms with Crippen molar-refractivity contribution in [1.29, 1.82) is 0 Å². The highest BCUT2D eigenvalue weighted by atomic mass is 35.5. The third-order valence-electron chi connectivity index (χ3n) is 4.54. The zero-order chi connectivity index (χ0) is 20.6. The fraction of sp³-hybridized carbons (Fsp3) is 0.474. The second kappa shape index (κ2) is 10.5. The van der Waals surface area contributed by atoms with E-state index in [1.54, 1.807) is 24.3 Å². The normalized spacial score (nSPS) is 13.7. The number of rotatable bonds is 10. The summed E-state index contributed by atoms with van der Waals surface area (Å²) in [6, 6.07) is 7.10. The Kier molecular flexibility index (Phi) is 7.76. The molecule has 0 bridgehead atoms. The molecule has 156 valence electrons. The highest BCUT2D eigenvalue weighted by molar-refractivity contribution is 7.99. The van der Waals surface area contributed by atoms with Crippen molar-refractivity contribution in [1.82, 2.24) is 25.0 Å². The van der Waals surface area contributed by atoms with Crippen LogP contribution in [-0.4, -0.2) is 56.9 Å². The zero-order valence-corrected chi connectivity index (χ0v) is 17.8. The average molecular weight is 438 g/mol. The molecule has 10 heteroatoms. The van der Waals surface area contributed by atoms with E-state index in [0.29, 0.717) is 41.3 Å². The Hall–Kier alpha value is -2.26. The maximum Gasteiger partial charge on any atom is 0.230 e. The van der Waals surface area contributed by atoms with Gasteiger partial charge in [-0.15, -0.1) is 10.2 Å². The maximum absolute atomic E-state index is 12.0. The minimum atomic E-state index is -0.0651. The molecule has 1 aliphatic heterocycles. The lowest BCUT2D eigenvalue weighted by molar-refractivity contribution is -0.127. The number of thioether (sulfide) groups is 1. The van der Waals surface area contributed by atoms with E-state index in [-0.39, 0.29) is 24.2 Å². The molecule has 2 amide bonds. The van der Waals surface area contributed by atoms with Gasteiger partial charge in [0.25, 0.3) is 0 Å². The second-order valence-corrected chi connectivity index (χ2v) is 8.06. The third kappa shape index (κ3) is 6.37. The highest BCUT2D eigenvalue weighted by Gasteiger charge is 2.19. The molecular formula is C19H24ClN5O3S. The van der Waals surface area contributed by atoms with E-state index < -0.39 is 0 Å². The van der Waals surface area contributed by atoms with Crippen molar-refractivity contribution >= 4 is 35.2 Å². The van der Waals surface area contributed by atoms with Gasteiger partial charge in [0.15, 0.2) is 11.0 Å². The van der Waals surface area contributed by atoms with E-state index in [4.69, 9.17) is 16.3 Å². The first-order chi connectivity index (χ1) is 14.0. The number of amides is 2. The summed E-state index contributed by atoms with van der Waals surface area (Å²) in [5, 5.41) is 12.4. The van der Waals surface area contributed by atoms with Crippen LogP contribution in [0.1, 0.15) is 25.1 Å². The van der Waals surface area contributed by atoms with Crippen LogP contribution in [0.3, 0.4) is 0 Å². The van der Waals surface area contributed by atoms with Crippen LogP contribution < -0.4 is 10.1 Å². The number of nitrogens with one attached hydrogen (secondary N) is 1. The van der Waals surface area contributed by atoms with Crippen molar-refractivity contribution in [3.63, 3.8) is 0 Å². The molecule has 1 aromatic carbocycles. The van der Waals surface area contributed by atoms with E-state index in [9.17, 15) is 9.59 Å². The highest BCUT2D eigenvalue weighted by Crippen LogP contribution is 2.19. The smallest absolute Gasteiger partial charge is 0.230 e. The summed E-state index contributed by atoms with van der Waals surface area (Å²) in [5.74, 6) is 1.77.